The molecule has 0 N–H and O–H groups in total. The lowest BCUT2D eigenvalue weighted by Crippen LogP contribution is -2.27. The van der Waals surface area contributed by atoms with Crippen LogP contribution in [-0.2, 0) is 4.79 Å². The van der Waals surface area contributed by atoms with Crippen LogP contribution in [0.3, 0.4) is 0 Å². The average Bonchev–Trinajstić information content (AvgIpc) is 3.32. The zero-order chi connectivity index (χ0) is 23.0. The van der Waals surface area contributed by atoms with Crippen molar-refractivity contribution in [1.29, 1.82) is 0 Å². The molecule has 11 heteroatoms. The van der Waals surface area contributed by atoms with Gasteiger partial charge in [-0.3, -0.25) is 29.9 Å². The third kappa shape index (κ3) is 4.03. The Morgan fingerprint density at radius 3 is 2.41 bits per heavy atom. The molecule has 9 nitrogen and oxygen atoms in total. The van der Waals surface area contributed by atoms with Crippen LogP contribution in [-0.4, -0.2) is 20.1 Å². The molecule has 0 aliphatic carbocycles. The molecule has 1 aromatic heterocycles. The van der Waals surface area contributed by atoms with Gasteiger partial charge >= 0.3 is 0 Å². The Balaban J connectivity index is 1.62. The Kier molecular flexibility index (Phi) is 5.59. The largest absolute Gasteiger partial charge is 0.456 e. The van der Waals surface area contributed by atoms with E-state index in [0.717, 1.165) is 17.3 Å². The minimum absolute atomic E-state index is 0.0737. The highest BCUT2D eigenvalue weighted by molar-refractivity contribution is 8.27. The van der Waals surface area contributed by atoms with Crippen LogP contribution >= 0.6 is 24.0 Å². The van der Waals surface area contributed by atoms with Crippen molar-refractivity contribution in [3.05, 3.63) is 91.1 Å². The van der Waals surface area contributed by atoms with Gasteiger partial charge in [-0.05, 0) is 42.8 Å². The number of aryl methyl sites for hydroxylation is 1. The lowest BCUT2D eigenvalue weighted by Gasteiger charge is -2.13. The summed E-state index contributed by atoms with van der Waals surface area (Å²) in [6.45, 7) is 1.76. The van der Waals surface area contributed by atoms with E-state index in [1.807, 2.05) is 0 Å². The van der Waals surface area contributed by atoms with Crippen LogP contribution in [0.15, 0.2) is 63.9 Å². The summed E-state index contributed by atoms with van der Waals surface area (Å²) in [6, 6.07) is 13.5. The number of amides is 1. The SMILES string of the molecule is Cc1ccc(-c2ccc(/C=C3\SC(=S)N(c4ccc([N+](=O)[O-])cc4)C3=O)o2)c([N+](=O)[O-])c1. The van der Waals surface area contributed by atoms with Crippen molar-refractivity contribution in [2.24, 2.45) is 0 Å². The zero-order valence-electron chi connectivity index (χ0n) is 16.4. The predicted molar refractivity (Wildman–Crippen MR) is 124 cm³/mol. The fourth-order valence-electron chi connectivity index (χ4n) is 3.12. The molecule has 0 spiro atoms. The number of carbonyl (C=O) groups is 1. The van der Waals surface area contributed by atoms with Crippen molar-refractivity contribution in [2.45, 2.75) is 6.92 Å². The molecular formula is C21H13N3O6S2. The van der Waals surface area contributed by atoms with Gasteiger partial charge in [0.25, 0.3) is 17.3 Å². The van der Waals surface area contributed by atoms with E-state index in [0.29, 0.717) is 27.7 Å². The number of carbonyl (C=O) groups excluding carboxylic acids is 1. The summed E-state index contributed by atoms with van der Waals surface area (Å²) in [6.07, 6.45) is 1.51. The van der Waals surface area contributed by atoms with E-state index >= 15 is 0 Å². The first kappa shape index (κ1) is 21.4. The van der Waals surface area contributed by atoms with Crippen LogP contribution in [0, 0.1) is 27.2 Å². The second-order valence-corrected chi connectivity index (χ2v) is 8.45. The van der Waals surface area contributed by atoms with Crippen molar-refractivity contribution in [2.75, 3.05) is 4.90 Å². The lowest BCUT2D eigenvalue weighted by molar-refractivity contribution is -0.384. The monoisotopic (exact) mass is 467 g/mol. The number of furan rings is 1. The number of hydrogen-bond acceptors (Lipinski definition) is 8. The van der Waals surface area contributed by atoms with Crippen molar-refractivity contribution in [1.82, 2.24) is 0 Å². The summed E-state index contributed by atoms with van der Waals surface area (Å²) in [5.41, 5.74) is 1.33. The minimum Gasteiger partial charge on any atom is -0.456 e. The topological polar surface area (TPSA) is 120 Å². The quantitative estimate of drug-likeness (QED) is 0.209. The van der Waals surface area contributed by atoms with Crippen molar-refractivity contribution < 1.29 is 19.1 Å². The van der Waals surface area contributed by atoms with Crippen molar-refractivity contribution in [3.8, 4) is 11.3 Å². The molecule has 3 aromatic rings. The second-order valence-electron chi connectivity index (χ2n) is 6.77. The summed E-state index contributed by atoms with van der Waals surface area (Å²) in [4.78, 5) is 35.7. The van der Waals surface area contributed by atoms with Gasteiger partial charge in [0.2, 0.25) is 0 Å². The van der Waals surface area contributed by atoms with Gasteiger partial charge in [-0.1, -0.05) is 30.0 Å². The van der Waals surface area contributed by atoms with E-state index in [2.05, 4.69) is 0 Å². The van der Waals surface area contributed by atoms with Gasteiger partial charge in [0.15, 0.2) is 4.32 Å². The molecular weight excluding hydrogens is 454 g/mol. The molecule has 0 bridgehead atoms. The maximum atomic E-state index is 12.9. The molecule has 1 saturated heterocycles. The van der Waals surface area contributed by atoms with Gasteiger partial charge < -0.3 is 4.42 Å². The number of thioether (sulfide) groups is 1. The van der Waals surface area contributed by atoms with E-state index in [9.17, 15) is 25.0 Å². The minimum atomic E-state index is -0.527. The summed E-state index contributed by atoms with van der Waals surface area (Å²) >= 11 is 6.37. The molecule has 1 aliphatic rings. The molecule has 1 amide bonds. The number of non-ortho nitro benzene ring substituents is 1. The number of anilines is 1. The Morgan fingerprint density at radius 1 is 1.03 bits per heavy atom. The second kappa shape index (κ2) is 8.36. The fraction of sp³-hybridized carbons (Fsp3) is 0.0476. The molecule has 0 radical (unpaired) electrons. The van der Waals surface area contributed by atoms with Gasteiger partial charge in [-0.25, -0.2) is 0 Å². The number of hydrogen-bond donors (Lipinski definition) is 0. The molecule has 160 valence electrons. The van der Waals surface area contributed by atoms with Crippen LogP contribution < -0.4 is 4.90 Å². The Hall–Kier alpha value is -3.83. The number of nitro benzene ring substituents is 2. The normalized spacial score (nSPS) is 14.9. The van der Waals surface area contributed by atoms with Gasteiger partial charge in [-0.2, -0.15) is 0 Å². The Labute approximate surface area is 190 Å². The van der Waals surface area contributed by atoms with E-state index in [-0.39, 0.29) is 15.7 Å². The van der Waals surface area contributed by atoms with Crippen LogP contribution in [0.5, 0.6) is 0 Å². The van der Waals surface area contributed by atoms with E-state index in [4.69, 9.17) is 16.6 Å². The van der Waals surface area contributed by atoms with Crippen LogP contribution in [0.25, 0.3) is 17.4 Å². The molecule has 0 atom stereocenters. The summed E-state index contributed by atoms with van der Waals surface area (Å²) in [5.74, 6) is 0.237. The van der Waals surface area contributed by atoms with Gasteiger partial charge in [0.1, 0.15) is 11.5 Å². The highest BCUT2D eigenvalue weighted by Gasteiger charge is 2.34. The summed E-state index contributed by atoms with van der Waals surface area (Å²) < 4.78 is 6.02. The molecule has 4 rings (SSSR count). The van der Waals surface area contributed by atoms with E-state index < -0.39 is 15.8 Å². The number of nitrogens with zero attached hydrogens (tertiary/aromatic N) is 3. The smallest absolute Gasteiger partial charge is 0.280 e. The zero-order valence-corrected chi connectivity index (χ0v) is 18.0. The first-order valence-electron chi connectivity index (χ1n) is 9.12. The number of thiocarbonyl (C=S) groups is 1. The first-order chi connectivity index (χ1) is 15.2. The molecule has 1 fully saturated rings. The van der Waals surface area contributed by atoms with Crippen molar-refractivity contribution in [3.63, 3.8) is 0 Å². The summed E-state index contributed by atoms with van der Waals surface area (Å²) in [5, 5.41) is 22.2. The van der Waals surface area contributed by atoms with Gasteiger partial charge in [0, 0.05) is 24.3 Å². The fourth-order valence-corrected chi connectivity index (χ4v) is 4.40. The maximum absolute atomic E-state index is 12.9. The van der Waals surface area contributed by atoms with E-state index in [1.54, 1.807) is 31.2 Å². The Bertz CT molecular complexity index is 1310. The summed E-state index contributed by atoms with van der Waals surface area (Å²) in [7, 11) is 0. The van der Waals surface area contributed by atoms with E-state index in [1.165, 1.54) is 41.3 Å². The third-order valence-corrected chi connectivity index (χ3v) is 5.93. The molecule has 2 heterocycles. The average molecular weight is 467 g/mol. The lowest BCUT2D eigenvalue weighted by atomic mass is 10.1. The highest BCUT2D eigenvalue weighted by Crippen LogP contribution is 2.38. The Morgan fingerprint density at radius 2 is 1.75 bits per heavy atom. The van der Waals surface area contributed by atoms with Crippen LogP contribution in [0.2, 0.25) is 0 Å². The molecule has 0 saturated carbocycles. The first-order valence-corrected chi connectivity index (χ1v) is 10.3. The van der Waals surface area contributed by atoms with Crippen LogP contribution in [0.1, 0.15) is 11.3 Å². The van der Waals surface area contributed by atoms with Gasteiger partial charge in [0.05, 0.1) is 26.0 Å². The van der Waals surface area contributed by atoms with Gasteiger partial charge in [-0.15, -0.1) is 0 Å². The standard InChI is InChI=1S/C21H13N3O6S2/c1-12-2-8-16(17(10-12)24(28)29)18-9-7-15(30-18)11-19-20(25)22(21(31)32-19)13-3-5-14(6-4-13)23(26)27/h2-11H,1H3/b19-11-. The number of rotatable bonds is 5. The van der Waals surface area contributed by atoms with Crippen LogP contribution in [0.4, 0.5) is 17.1 Å². The molecule has 32 heavy (non-hydrogen) atoms. The molecule has 0 unspecified atom stereocenters. The third-order valence-electron chi connectivity index (χ3n) is 4.63. The molecule has 1 aliphatic heterocycles. The van der Waals surface area contributed by atoms with Crippen molar-refractivity contribution >= 4 is 57.3 Å². The molecule has 2 aromatic carbocycles. The highest BCUT2D eigenvalue weighted by atomic mass is 32.2. The number of nitro groups is 2. The predicted octanol–water partition coefficient (Wildman–Crippen LogP) is 5.48. The number of benzene rings is 2. The maximum Gasteiger partial charge on any atom is 0.280 e.